The third-order valence-electron chi connectivity index (χ3n) is 4.58. The molecule has 2 amide bonds. The van der Waals surface area contributed by atoms with Crippen molar-refractivity contribution in [1.82, 2.24) is 10.2 Å². The van der Waals surface area contributed by atoms with Crippen LogP contribution >= 0.6 is 11.8 Å². The topological polar surface area (TPSA) is 67.9 Å². The van der Waals surface area contributed by atoms with E-state index in [1.165, 1.54) is 11.8 Å². The number of hydrogen-bond acceptors (Lipinski definition) is 5. The number of methoxy groups -OCH3 is 2. The standard InChI is InChI=1S/C22H28N2O4S/c1-16(22(26)23-2)24(13-17-5-9-19(27-3)10-6-17)21(25)15-29-14-18-7-11-20(28-4)12-8-18/h5-12,16H,13-15H2,1-4H3,(H,23,26). The van der Waals surface area contributed by atoms with Gasteiger partial charge in [0.05, 0.1) is 20.0 Å². The Morgan fingerprint density at radius 2 is 1.48 bits per heavy atom. The summed E-state index contributed by atoms with van der Waals surface area (Å²) in [7, 11) is 4.82. The van der Waals surface area contributed by atoms with Crippen molar-refractivity contribution in [3.05, 3.63) is 59.7 Å². The quantitative estimate of drug-likeness (QED) is 0.645. The molecule has 2 rings (SSSR count). The minimum absolute atomic E-state index is 0.0737. The van der Waals surface area contributed by atoms with Gasteiger partial charge in [-0.15, -0.1) is 11.8 Å². The number of carbonyl (C=O) groups is 2. The lowest BCUT2D eigenvalue weighted by molar-refractivity contribution is -0.138. The monoisotopic (exact) mass is 416 g/mol. The van der Waals surface area contributed by atoms with Crippen molar-refractivity contribution in [2.24, 2.45) is 0 Å². The normalized spacial score (nSPS) is 11.4. The van der Waals surface area contributed by atoms with E-state index in [4.69, 9.17) is 9.47 Å². The highest BCUT2D eigenvalue weighted by Crippen LogP contribution is 2.19. The maximum Gasteiger partial charge on any atom is 0.242 e. The van der Waals surface area contributed by atoms with Gasteiger partial charge in [0, 0.05) is 19.3 Å². The van der Waals surface area contributed by atoms with Crippen molar-refractivity contribution in [2.75, 3.05) is 27.0 Å². The molecule has 6 nitrogen and oxygen atoms in total. The average molecular weight is 417 g/mol. The number of hydrogen-bond donors (Lipinski definition) is 1. The number of amides is 2. The van der Waals surface area contributed by atoms with Gasteiger partial charge in [-0.2, -0.15) is 0 Å². The van der Waals surface area contributed by atoms with Gasteiger partial charge in [0.1, 0.15) is 17.5 Å². The highest BCUT2D eigenvalue weighted by molar-refractivity contribution is 7.99. The third-order valence-corrected chi connectivity index (χ3v) is 5.57. The predicted molar refractivity (Wildman–Crippen MR) is 116 cm³/mol. The molecule has 0 aliphatic carbocycles. The number of carbonyl (C=O) groups excluding carboxylic acids is 2. The number of ether oxygens (including phenoxy) is 2. The van der Waals surface area contributed by atoms with Gasteiger partial charge in [0.25, 0.3) is 0 Å². The van der Waals surface area contributed by atoms with E-state index < -0.39 is 6.04 Å². The first-order chi connectivity index (χ1) is 14.0. The molecule has 156 valence electrons. The first-order valence-corrected chi connectivity index (χ1v) is 10.5. The summed E-state index contributed by atoms with van der Waals surface area (Å²) in [5.74, 6) is 2.30. The van der Waals surface area contributed by atoms with Crippen LogP contribution in [0.2, 0.25) is 0 Å². The first kappa shape index (κ1) is 22.6. The molecule has 0 saturated carbocycles. The lowest BCUT2D eigenvalue weighted by Gasteiger charge is -2.28. The molecule has 2 aromatic rings. The molecular weight excluding hydrogens is 388 g/mol. The number of rotatable bonds is 10. The van der Waals surface area contributed by atoms with Crippen LogP contribution in [0.25, 0.3) is 0 Å². The number of benzene rings is 2. The van der Waals surface area contributed by atoms with E-state index in [9.17, 15) is 9.59 Å². The molecule has 0 aromatic heterocycles. The minimum Gasteiger partial charge on any atom is -0.497 e. The zero-order valence-electron chi connectivity index (χ0n) is 17.3. The fraction of sp³-hybridized carbons (Fsp3) is 0.364. The molecule has 1 atom stereocenters. The summed E-state index contributed by atoms with van der Waals surface area (Å²) < 4.78 is 10.3. The van der Waals surface area contributed by atoms with Gasteiger partial charge in [0.2, 0.25) is 11.8 Å². The van der Waals surface area contributed by atoms with Crippen molar-refractivity contribution in [3.63, 3.8) is 0 Å². The summed E-state index contributed by atoms with van der Waals surface area (Å²) >= 11 is 1.53. The number of nitrogens with zero attached hydrogens (tertiary/aromatic N) is 1. The van der Waals surface area contributed by atoms with Crippen LogP contribution in [0, 0.1) is 0 Å². The SMILES string of the molecule is CNC(=O)C(C)N(Cc1ccc(OC)cc1)C(=O)CSCc1ccc(OC)cc1. The second-order valence-electron chi connectivity index (χ2n) is 6.50. The maximum atomic E-state index is 12.9. The largest absolute Gasteiger partial charge is 0.497 e. The van der Waals surface area contributed by atoms with E-state index in [1.807, 2.05) is 48.5 Å². The van der Waals surface area contributed by atoms with Crippen LogP contribution in [-0.4, -0.2) is 49.8 Å². The Bertz CT molecular complexity index is 793. The Balaban J connectivity index is 2.01. The number of likely N-dealkylation sites (N-methyl/N-ethyl adjacent to an activating group) is 1. The van der Waals surface area contributed by atoms with Gasteiger partial charge in [0.15, 0.2) is 0 Å². The van der Waals surface area contributed by atoms with Gasteiger partial charge >= 0.3 is 0 Å². The Morgan fingerprint density at radius 3 is 1.97 bits per heavy atom. The zero-order chi connectivity index (χ0) is 21.2. The maximum absolute atomic E-state index is 12.9. The summed E-state index contributed by atoms with van der Waals surface area (Å²) in [6, 6.07) is 14.7. The summed E-state index contributed by atoms with van der Waals surface area (Å²) in [5, 5.41) is 2.63. The minimum atomic E-state index is -0.559. The van der Waals surface area contributed by atoms with Crippen LogP contribution in [-0.2, 0) is 21.9 Å². The van der Waals surface area contributed by atoms with E-state index in [2.05, 4.69) is 5.32 Å². The van der Waals surface area contributed by atoms with Crippen LogP contribution in [0.3, 0.4) is 0 Å². The average Bonchev–Trinajstić information content (AvgIpc) is 2.77. The first-order valence-electron chi connectivity index (χ1n) is 9.33. The molecule has 0 aliphatic heterocycles. The fourth-order valence-corrected chi connectivity index (χ4v) is 3.65. The van der Waals surface area contributed by atoms with Gasteiger partial charge in [-0.3, -0.25) is 9.59 Å². The van der Waals surface area contributed by atoms with Crippen LogP contribution in [0.1, 0.15) is 18.1 Å². The van der Waals surface area contributed by atoms with Gasteiger partial charge in [-0.05, 0) is 42.3 Å². The molecule has 0 spiro atoms. The summed E-state index contributed by atoms with van der Waals surface area (Å²) in [5.41, 5.74) is 2.06. The number of nitrogens with one attached hydrogen (secondary N) is 1. The van der Waals surface area contributed by atoms with Gasteiger partial charge < -0.3 is 19.7 Å². The lowest BCUT2D eigenvalue weighted by Crippen LogP contribution is -2.47. The smallest absolute Gasteiger partial charge is 0.242 e. The highest BCUT2D eigenvalue weighted by Gasteiger charge is 2.25. The Morgan fingerprint density at radius 1 is 0.966 bits per heavy atom. The molecule has 29 heavy (non-hydrogen) atoms. The van der Waals surface area contributed by atoms with Crippen LogP contribution < -0.4 is 14.8 Å². The van der Waals surface area contributed by atoms with Crippen LogP contribution in [0.4, 0.5) is 0 Å². The molecule has 2 aromatic carbocycles. The van der Waals surface area contributed by atoms with Gasteiger partial charge in [-0.1, -0.05) is 24.3 Å². The van der Waals surface area contributed by atoms with E-state index in [0.717, 1.165) is 22.6 Å². The van der Waals surface area contributed by atoms with Crippen molar-refractivity contribution in [2.45, 2.75) is 25.3 Å². The van der Waals surface area contributed by atoms with Crippen LogP contribution in [0.15, 0.2) is 48.5 Å². The summed E-state index contributed by atoms with van der Waals surface area (Å²) in [4.78, 5) is 26.7. The summed E-state index contributed by atoms with van der Waals surface area (Å²) in [6.45, 7) is 2.11. The highest BCUT2D eigenvalue weighted by atomic mass is 32.2. The van der Waals surface area contributed by atoms with Crippen molar-refractivity contribution in [3.8, 4) is 11.5 Å². The second kappa shape index (κ2) is 11.4. The Hall–Kier alpha value is -2.67. The van der Waals surface area contributed by atoms with E-state index in [1.54, 1.807) is 33.1 Å². The van der Waals surface area contributed by atoms with E-state index in [0.29, 0.717) is 18.1 Å². The Kier molecular flexibility index (Phi) is 8.86. The third kappa shape index (κ3) is 6.71. The second-order valence-corrected chi connectivity index (χ2v) is 7.49. The molecule has 7 heteroatoms. The molecular formula is C22H28N2O4S. The molecule has 0 saturated heterocycles. The molecule has 0 fully saturated rings. The van der Waals surface area contributed by atoms with Crippen molar-refractivity contribution >= 4 is 23.6 Å². The van der Waals surface area contributed by atoms with Crippen LogP contribution in [0.5, 0.6) is 11.5 Å². The molecule has 0 aliphatic rings. The summed E-state index contributed by atoms with van der Waals surface area (Å²) in [6.07, 6.45) is 0. The Labute approximate surface area is 176 Å². The fourth-order valence-electron chi connectivity index (χ4n) is 2.78. The van der Waals surface area contributed by atoms with Crippen molar-refractivity contribution in [1.29, 1.82) is 0 Å². The molecule has 0 bridgehead atoms. The molecule has 0 radical (unpaired) electrons. The predicted octanol–water partition coefficient (Wildman–Crippen LogP) is 3.10. The molecule has 1 unspecified atom stereocenters. The van der Waals surface area contributed by atoms with E-state index >= 15 is 0 Å². The van der Waals surface area contributed by atoms with Crippen molar-refractivity contribution < 1.29 is 19.1 Å². The number of thioether (sulfide) groups is 1. The molecule has 1 N–H and O–H groups in total. The van der Waals surface area contributed by atoms with Gasteiger partial charge in [-0.25, -0.2) is 0 Å². The molecule has 0 heterocycles. The lowest BCUT2D eigenvalue weighted by atomic mass is 10.1. The van der Waals surface area contributed by atoms with E-state index in [-0.39, 0.29) is 11.8 Å². The zero-order valence-corrected chi connectivity index (χ0v) is 18.1.